The molecule has 0 aliphatic heterocycles. The van der Waals surface area contributed by atoms with Gasteiger partial charge in [-0.25, -0.2) is 4.98 Å². The normalized spacial score (nSPS) is 13.0. The molecule has 0 bridgehead atoms. The van der Waals surface area contributed by atoms with Crippen molar-refractivity contribution in [2.75, 3.05) is 5.73 Å². The molecule has 0 radical (unpaired) electrons. The molecular formula is C25H22N6O2. The molecule has 5 rings (SSSR count). The van der Waals surface area contributed by atoms with Crippen molar-refractivity contribution in [3.05, 3.63) is 89.8 Å². The van der Waals surface area contributed by atoms with Gasteiger partial charge in [0.1, 0.15) is 12.1 Å². The number of hydrogen-bond acceptors (Lipinski definition) is 6. The Morgan fingerprint density at radius 3 is 2.67 bits per heavy atom. The third kappa shape index (κ3) is 4.10. The first-order chi connectivity index (χ1) is 16.0. The van der Waals surface area contributed by atoms with E-state index < -0.39 is 0 Å². The highest BCUT2D eigenvalue weighted by molar-refractivity contribution is 6.11. The molecule has 1 fully saturated rings. The molecule has 1 saturated carbocycles. The van der Waals surface area contributed by atoms with E-state index in [0.717, 1.165) is 24.0 Å². The van der Waals surface area contributed by atoms with Crippen LogP contribution in [0.15, 0.2) is 67.4 Å². The lowest BCUT2D eigenvalue weighted by molar-refractivity contribution is 0.0950. The monoisotopic (exact) mass is 438 g/mol. The second-order valence-corrected chi connectivity index (χ2v) is 8.10. The highest BCUT2D eigenvalue weighted by atomic mass is 16.1. The quantitative estimate of drug-likeness (QED) is 0.446. The van der Waals surface area contributed by atoms with E-state index in [-0.39, 0.29) is 29.2 Å². The van der Waals surface area contributed by atoms with Crippen LogP contribution >= 0.6 is 0 Å². The zero-order chi connectivity index (χ0) is 22.9. The van der Waals surface area contributed by atoms with Crippen molar-refractivity contribution < 1.29 is 9.59 Å². The summed E-state index contributed by atoms with van der Waals surface area (Å²) in [4.78, 5) is 38.4. The Labute approximate surface area is 190 Å². The molecule has 164 valence electrons. The van der Waals surface area contributed by atoms with Crippen LogP contribution in [-0.4, -0.2) is 37.3 Å². The molecule has 0 unspecified atom stereocenters. The second-order valence-electron chi connectivity index (χ2n) is 8.10. The number of nitrogens with two attached hydrogens (primary N) is 1. The number of carbonyl (C=O) groups is 2. The van der Waals surface area contributed by atoms with Gasteiger partial charge in [0, 0.05) is 35.1 Å². The minimum atomic E-state index is -0.294. The number of aryl methyl sites for hydroxylation is 1. The van der Waals surface area contributed by atoms with Crippen LogP contribution in [0.25, 0.3) is 16.9 Å². The molecule has 2 aromatic carbocycles. The predicted octanol–water partition coefficient (Wildman–Crippen LogP) is 3.34. The summed E-state index contributed by atoms with van der Waals surface area (Å²) in [6.07, 6.45) is 8.38. The highest BCUT2D eigenvalue weighted by Crippen LogP contribution is 2.26. The topological polar surface area (TPSA) is 116 Å². The lowest BCUT2D eigenvalue weighted by atomic mass is 10.0. The van der Waals surface area contributed by atoms with E-state index in [9.17, 15) is 9.59 Å². The van der Waals surface area contributed by atoms with Gasteiger partial charge in [-0.1, -0.05) is 24.3 Å². The van der Waals surface area contributed by atoms with E-state index in [4.69, 9.17) is 5.73 Å². The van der Waals surface area contributed by atoms with Crippen LogP contribution in [0.5, 0.6) is 0 Å². The molecule has 0 saturated heterocycles. The molecule has 1 aliphatic carbocycles. The zero-order valence-electron chi connectivity index (χ0n) is 18.0. The van der Waals surface area contributed by atoms with Crippen LogP contribution < -0.4 is 11.1 Å². The number of carbonyl (C=O) groups excluding carboxylic acids is 2. The molecule has 4 aromatic rings. The summed E-state index contributed by atoms with van der Waals surface area (Å²) in [6.45, 7) is 1.92. The fourth-order valence-electron chi connectivity index (χ4n) is 3.64. The molecule has 0 spiro atoms. The standard InChI is InChI=1S/C25H22N6O2/c1-15-5-6-18(25(33)30-19-7-8-19)12-21(15)31-14-29-22(24(31)26)23(32)17-4-2-3-16(11-17)20-13-27-9-10-28-20/h2-6,9-14,19H,7-8,26H2,1H3,(H,30,33). The summed E-state index contributed by atoms with van der Waals surface area (Å²) >= 11 is 0. The molecule has 2 heterocycles. The van der Waals surface area contributed by atoms with Gasteiger partial charge >= 0.3 is 0 Å². The van der Waals surface area contributed by atoms with Crippen molar-refractivity contribution in [3.8, 4) is 16.9 Å². The Balaban J connectivity index is 1.46. The van der Waals surface area contributed by atoms with Crippen molar-refractivity contribution >= 4 is 17.5 Å². The zero-order valence-corrected chi connectivity index (χ0v) is 18.0. The average Bonchev–Trinajstić information content (AvgIpc) is 3.58. The van der Waals surface area contributed by atoms with E-state index in [1.54, 1.807) is 53.5 Å². The Morgan fingerprint density at radius 1 is 1.06 bits per heavy atom. The molecule has 8 heteroatoms. The Bertz CT molecular complexity index is 1360. The number of aromatic nitrogens is 4. The number of rotatable bonds is 6. The van der Waals surface area contributed by atoms with Gasteiger partial charge in [-0.3, -0.25) is 24.1 Å². The van der Waals surface area contributed by atoms with E-state index in [1.165, 1.54) is 6.33 Å². The van der Waals surface area contributed by atoms with Crippen molar-refractivity contribution in [2.45, 2.75) is 25.8 Å². The van der Waals surface area contributed by atoms with E-state index >= 15 is 0 Å². The number of nitrogen functional groups attached to an aromatic ring is 1. The maximum Gasteiger partial charge on any atom is 0.251 e. The van der Waals surface area contributed by atoms with Crippen molar-refractivity contribution in [1.82, 2.24) is 24.8 Å². The van der Waals surface area contributed by atoms with Gasteiger partial charge in [0.05, 0.1) is 17.6 Å². The summed E-state index contributed by atoms with van der Waals surface area (Å²) < 4.78 is 1.64. The fraction of sp³-hybridized carbons (Fsp3) is 0.160. The van der Waals surface area contributed by atoms with Crippen molar-refractivity contribution in [3.63, 3.8) is 0 Å². The third-order valence-electron chi connectivity index (χ3n) is 5.65. The maximum atomic E-state index is 13.2. The molecule has 1 aliphatic rings. The highest BCUT2D eigenvalue weighted by Gasteiger charge is 2.24. The maximum absolute atomic E-state index is 13.2. The lowest BCUT2D eigenvalue weighted by Crippen LogP contribution is -2.25. The molecule has 8 nitrogen and oxygen atoms in total. The summed E-state index contributed by atoms with van der Waals surface area (Å²) in [5, 5.41) is 2.99. The van der Waals surface area contributed by atoms with Crippen LogP contribution in [0, 0.1) is 6.92 Å². The summed E-state index contributed by atoms with van der Waals surface area (Å²) in [5.41, 5.74) is 10.6. The number of anilines is 1. The Hall–Kier alpha value is -4.33. The van der Waals surface area contributed by atoms with E-state index in [2.05, 4.69) is 20.3 Å². The fourth-order valence-corrected chi connectivity index (χ4v) is 3.64. The van der Waals surface area contributed by atoms with Gasteiger partial charge in [-0.2, -0.15) is 0 Å². The number of benzene rings is 2. The average molecular weight is 438 g/mol. The second kappa shape index (κ2) is 8.31. The summed E-state index contributed by atoms with van der Waals surface area (Å²) in [7, 11) is 0. The van der Waals surface area contributed by atoms with E-state index in [1.807, 2.05) is 19.1 Å². The van der Waals surface area contributed by atoms with Crippen molar-refractivity contribution in [2.24, 2.45) is 0 Å². The first kappa shape index (κ1) is 20.6. The van der Waals surface area contributed by atoms with Gasteiger partial charge < -0.3 is 11.1 Å². The molecular weight excluding hydrogens is 416 g/mol. The van der Waals surface area contributed by atoms with Gasteiger partial charge in [0.2, 0.25) is 5.78 Å². The third-order valence-corrected chi connectivity index (χ3v) is 5.65. The van der Waals surface area contributed by atoms with E-state index in [0.29, 0.717) is 22.5 Å². The van der Waals surface area contributed by atoms with Crippen LogP contribution in [0.3, 0.4) is 0 Å². The van der Waals surface area contributed by atoms with Crippen LogP contribution in [0.2, 0.25) is 0 Å². The lowest BCUT2D eigenvalue weighted by Gasteiger charge is -2.12. The smallest absolute Gasteiger partial charge is 0.251 e. The Kier molecular flexibility index (Phi) is 5.18. The minimum Gasteiger partial charge on any atom is -0.383 e. The van der Waals surface area contributed by atoms with Crippen molar-refractivity contribution in [1.29, 1.82) is 0 Å². The first-order valence-electron chi connectivity index (χ1n) is 10.7. The van der Waals surface area contributed by atoms with Crippen LogP contribution in [0.4, 0.5) is 5.82 Å². The molecule has 2 aromatic heterocycles. The summed E-state index contributed by atoms with van der Waals surface area (Å²) in [5.74, 6) is -0.195. The number of amides is 1. The SMILES string of the molecule is Cc1ccc(C(=O)NC2CC2)cc1-n1cnc(C(=O)c2cccc(-c3cnccn3)c2)c1N. The number of imidazole rings is 1. The molecule has 1 amide bonds. The van der Waals surface area contributed by atoms with Gasteiger partial charge in [0.15, 0.2) is 5.69 Å². The number of hydrogen-bond donors (Lipinski definition) is 2. The van der Waals surface area contributed by atoms with Crippen LogP contribution in [0.1, 0.15) is 44.8 Å². The molecule has 0 atom stereocenters. The van der Waals surface area contributed by atoms with Crippen LogP contribution in [-0.2, 0) is 0 Å². The predicted molar refractivity (Wildman–Crippen MR) is 124 cm³/mol. The van der Waals surface area contributed by atoms with Gasteiger partial charge in [0.25, 0.3) is 5.91 Å². The number of nitrogens with one attached hydrogen (secondary N) is 1. The number of ketones is 1. The summed E-state index contributed by atoms with van der Waals surface area (Å²) in [6, 6.07) is 12.8. The largest absolute Gasteiger partial charge is 0.383 e. The molecule has 3 N–H and O–H groups in total. The van der Waals surface area contributed by atoms with Gasteiger partial charge in [-0.15, -0.1) is 0 Å². The first-order valence-corrected chi connectivity index (χ1v) is 10.7. The minimum absolute atomic E-state index is 0.116. The number of nitrogens with zero attached hydrogens (tertiary/aromatic N) is 4. The van der Waals surface area contributed by atoms with Gasteiger partial charge in [-0.05, 0) is 43.5 Å². The Morgan fingerprint density at radius 2 is 1.91 bits per heavy atom. The molecule has 33 heavy (non-hydrogen) atoms.